The number of likely N-dealkylation sites (N-methyl/N-ethyl adjacent to an activating group) is 1. The smallest absolute Gasteiger partial charge is 0.244 e. The summed E-state index contributed by atoms with van der Waals surface area (Å²) in [6.45, 7) is 0.779. The predicted octanol–water partition coefficient (Wildman–Crippen LogP) is 1.38. The minimum Gasteiger partial charge on any atom is -0.357 e. The molecule has 0 radical (unpaired) electrons. The van der Waals surface area contributed by atoms with Gasteiger partial charge in [0.1, 0.15) is 11.9 Å². The fourth-order valence-corrected chi connectivity index (χ4v) is 1.79. The van der Waals surface area contributed by atoms with Crippen LogP contribution < -0.4 is 5.32 Å². The summed E-state index contributed by atoms with van der Waals surface area (Å²) in [6.07, 6.45) is 2.44. The second-order valence-electron chi connectivity index (χ2n) is 3.58. The third-order valence-corrected chi connectivity index (χ3v) is 2.80. The first-order valence-corrected chi connectivity index (χ1v) is 5.18. The molecule has 5 heteroatoms. The Kier molecular flexibility index (Phi) is 2.77. The average Bonchev–Trinajstić information content (AvgIpc) is 2.53. The van der Waals surface area contributed by atoms with Gasteiger partial charge in [-0.05, 0) is 18.6 Å². The molecule has 15 heavy (non-hydrogen) atoms. The largest absolute Gasteiger partial charge is 0.357 e. The van der Waals surface area contributed by atoms with Crippen LogP contribution in [0.4, 0.5) is 5.82 Å². The highest BCUT2D eigenvalue weighted by atomic mass is 35.5. The zero-order valence-electron chi connectivity index (χ0n) is 8.40. The Morgan fingerprint density at radius 1 is 1.67 bits per heavy atom. The van der Waals surface area contributed by atoms with Crippen molar-refractivity contribution in [2.45, 2.75) is 12.5 Å². The van der Waals surface area contributed by atoms with Crippen molar-refractivity contribution in [1.29, 1.82) is 0 Å². The first-order chi connectivity index (χ1) is 7.18. The number of hydrogen-bond acceptors (Lipinski definition) is 3. The fourth-order valence-electron chi connectivity index (χ4n) is 1.61. The highest BCUT2D eigenvalue weighted by molar-refractivity contribution is 6.32. The minimum atomic E-state index is -0.192. The number of hydrogen-bond donors (Lipinski definition) is 1. The molecular formula is C10H12ClN3O. The summed E-state index contributed by atoms with van der Waals surface area (Å²) >= 11 is 5.94. The summed E-state index contributed by atoms with van der Waals surface area (Å²) in [5.74, 6) is 0.671. The van der Waals surface area contributed by atoms with E-state index in [0.29, 0.717) is 10.8 Å². The Morgan fingerprint density at radius 2 is 2.47 bits per heavy atom. The van der Waals surface area contributed by atoms with E-state index in [2.05, 4.69) is 10.3 Å². The van der Waals surface area contributed by atoms with E-state index >= 15 is 0 Å². The van der Waals surface area contributed by atoms with Crippen molar-refractivity contribution in [2.75, 3.05) is 18.9 Å². The van der Waals surface area contributed by atoms with E-state index in [1.165, 1.54) is 0 Å². The molecule has 1 saturated heterocycles. The average molecular weight is 226 g/mol. The van der Waals surface area contributed by atoms with Crippen LogP contribution in [-0.2, 0) is 4.79 Å². The van der Waals surface area contributed by atoms with Crippen molar-refractivity contribution in [1.82, 2.24) is 9.88 Å². The molecule has 1 aliphatic heterocycles. The lowest BCUT2D eigenvalue weighted by Gasteiger charge is -2.13. The first kappa shape index (κ1) is 10.2. The number of carbonyl (C=O) groups excluding carboxylic acids is 1. The quantitative estimate of drug-likeness (QED) is 0.827. The molecule has 4 nitrogen and oxygen atoms in total. The number of amides is 1. The van der Waals surface area contributed by atoms with Gasteiger partial charge in [0.15, 0.2) is 0 Å². The van der Waals surface area contributed by atoms with Crippen molar-refractivity contribution in [3.8, 4) is 0 Å². The Balaban J connectivity index is 2.10. The number of aromatic nitrogens is 1. The molecule has 1 amide bonds. The standard InChI is InChI=1S/C10H12ClN3O/c1-14-6-4-8(10(14)15)13-9-7(11)3-2-5-12-9/h2-3,5,8H,4,6H2,1H3,(H,12,13). The maximum atomic E-state index is 11.6. The van der Waals surface area contributed by atoms with E-state index in [9.17, 15) is 4.79 Å². The first-order valence-electron chi connectivity index (χ1n) is 4.80. The molecule has 0 spiro atoms. The molecule has 1 aromatic heterocycles. The summed E-state index contributed by atoms with van der Waals surface area (Å²) in [5, 5.41) is 3.60. The van der Waals surface area contributed by atoms with Gasteiger partial charge in [-0.15, -0.1) is 0 Å². The monoisotopic (exact) mass is 225 g/mol. The molecule has 0 aromatic carbocycles. The summed E-state index contributed by atoms with van der Waals surface area (Å²) in [6, 6.07) is 3.32. The molecule has 2 heterocycles. The van der Waals surface area contributed by atoms with Crippen LogP contribution in [0.2, 0.25) is 5.02 Å². The molecule has 1 fully saturated rings. The number of likely N-dealkylation sites (tertiary alicyclic amines) is 1. The molecule has 1 aliphatic rings. The molecule has 0 saturated carbocycles. The highest BCUT2D eigenvalue weighted by Gasteiger charge is 2.29. The van der Waals surface area contributed by atoms with Gasteiger partial charge in [0.2, 0.25) is 5.91 Å². The van der Waals surface area contributed by atoms with Gasteiger partial charge in [0, 0.05) is 19.8 Å². The van der Waals surface area contributed by atoms with Crippen LogP contribution in [-0.4, -0.2) is 35.4 Å². The Morgan fingerprint density at radius 3 is 3.07 bits per heavy atom. The lowest BCUT2D eigenvalue weighted by molar-refractivity contribution is -0.127. The zero-order chi connectivity index (χ0) is 10.8. The number of nitrogens with zero attached hydrogens (tertiary/aromatic N) is 2. The van der Waals surface area contributed by atoms with E-state index in [1.54, 1.807) is 30.3 Å². The highest BCUT2D eigenvalue weighted by Crippen LogP contribution is 2.21. The van der Waals surface area contributed by atoms with Crippen molar-refractivity contribution >= 4 is 23.3 Å². The zero-order valence-corrected chi connectivity index (χ0v) is 9.16. The fraction of sp³-hybridized carbons (Fsp3) is 0.400. The SMILES string of the molecule is CN1CCC(Nc2ncccc2Cl)C1=O. The van der Waals surface area contributed by atoms with E-state index in [-0.39, 0.29) is 11.9 Å². The van der Waals surface area contributed by atoms with Crippen LogP contribution in [0.15, 0.2) is 18.3 Å². The molecular weight excluding hydrogens is 214 g/mol. The molecule has 0 bridgehead atoms. The number of anilines is 1. The van der Waals surface area contributed by atoms with Crippen LogP contribution >= 0.6 is 11.6 Å². The number of carbonyl (C=O) groups is 1. The van der Waals surface area contributed by atoms with Crippen LogP contribution in [0, 0.1) is 0 Å². The van der Waals surface area contributed by atoms with Crippen LogP contribution in [0.5, 0.6) is 0 Å². The van der Waals surface area contributed by atoms with Gasteiger partial charge in [0.25, 0.3) is 0 Å². The predicted molar refractivity (Wildman–Crippen MR) is 58.9 cm³/mol. The molecule has 1 atom stereocenters. The summed E-state index contributed by atoms with van der Waals surface area (Å²) in [5.41, 5.74) is 0. The van der Waals surface area contributed by atoms with E-state index in [0.717, 1.165) is 13.0 Å². The summed E-state index contributed by atoms with van der Waals surface area (Å²) in [7, 11) is 1.80. The third kappa shape index (κ3) is 2.04. The van der Waals surface area contributed by atoms with E-state index < -0.39 is 0 Å². The topological polar surface area (TPSA) is 45.2 Å². The molecule has 1 unspecified atom stereocenters. The van der Waals surface area contributed by atoms with Gasteiger partial charge in [0.05, 0.1) is 5.02 Å². The molecule has 0 aliphatic carbocycles. The summed E-state index contributed by atoms with van der Waals surface area (Å²) in [4.78, 5) is 17.4. The Hall–Kier alpha value is -1.29. The number of nitrogens with one attached hydrogen (secondary N) is 1. The molecule has 1 N–H and O–H groups in total. The number of rotatable bonds is 2. The van der Waals surface area contributed by atoms with Gasteiger partial charge >= 0.3 is 0 Å². The third-order valence-electron chi connectivity index (χ3n) is 2.50. The van der Waals surface area contributed by atoms with Crippen molar-refractivity contribution < 1.29 is 4.79 Å². The maximum Gasteiger partial charge on any atom is 0.244 e. The minimum absolute atomic E-state index is 0.0942. The Labute approximate surface area is 93.2 Å². The molecule has 2 rings (SSSR count). The van der Waals surface area contributed by atoms with E-state index in [4.69, 9.17) is 11.6 Å². The number of pyridine rings is 1. The lowest BCUT2D eigenvalue weighted by atomic mass is 10.2. The Bertz CT molecular complexity index is 383. The van der Waals surface area contributed by atoms with Gasteiger partial charge in [-0.2, -0.15) is 0 Å². The van der Waals surface area contributed by atoms with E-state index in [1.807, 2.05) is 0 Å². The summed E-state index contributed by atoms with van der Waals surface area (Å²) < 4.78 is 0. The second-order valence-corrected chi connectivity index (χ2v) is 3.99. The van der Waals surface area contributed by atoms with Crippen LogP contribution in [0.1, 0.15) is 6.42 Å². The second kappa shape index (κ2) is 4.06. The lowest BCUT2D eigenvalue weighted by Crippen LogP contribution is -2.31. The van der Waals surface area contributed by atoms with Crippen LogP contribution in [0.3, 0.4) is 0 Å². The number of halogens is 1. The van der Waals surface area contributed by atoms with Crippen molar-refractivity contribution in [3.05, 3.63) is 23.4 Å². The normalized spacial score (nSPS) is 20.8. The van der Waals surface area contributed by atoms with Gasteiger partial charge in [-0.25, -0.2) is 4.98 Å². The van der Waals surface area contributed by atoms with Gasteiger partial charge < -0.3 is 10.2 Å². The molecule has 1 aromatic rings. The van der Waals surface area contributed by atoms with Crippen molar-refractivity contribution in [3.63, 3.8) is 0 Å². The van der Waals surface area contributed by atoms with Gasteiger partial charge in [-0.1, -0.05) is 11.6 Å². The van der Waals surface area contributed by atoms with Gasteiger partial charge in [-0.3, -0.25) is 4.79 Å². The van der Waals surface area contributed by atoms with Crippen molar-refractivity contribution in [2.24, 2.45) is 0 Å². The maximum absolute atomic E-state index is 11.6. The molecule has 80 valence electrons. The van der Waals surface area contributed by atoms with Crippen LogP contribution in [0.25, 0.3) is 0 Å².